The molecule has 0 atom stereocenters. The van der Waals surface area contributed by atoms with E-state index >= 15 is 0 Å². The van der Waals surface area contributed by atoms with Gasteiger partial charge in [-0.25, -0.2) is 0 Å². The summed E-state index contributed by atoms with van der Waals surface area (Å²) in [7, 11) is 0. The van der Waals surface area contributed by atoms with E-state index in [4.69, 9.17) is 10.5 Å². The molecule has 92 valence electrons. The van der Waals surface area contributed by atoms with Crippen molar-refractivity contribution in [3.05, 3.63) is 65.2 Å². The van der Waals surface area contributed by atoms with Gasteiger partial charge in [0.25, 0.3) is 0 Å². The number of hydrogen-bond acceptors (Lipinski definition) is 3. The smallest absolute Gasteiger partial charge is 0.150 e. The van der Waals surface area contributed by atoms with Crippen molar-refractivity contribution >= 4 is 6.29 Å². The molecule has 0 aliphatic heterocycles. The predicted molar refractivity (Wildman–Crippen MR) is 70.5 cm³/mol. The van der Waals surface area contributed by atoms with E-state index in [0.717, 1.165) is 17.4 Å². The van der Waals surface area contributed by atoms with Crippen molar-refractivity contribution in [2.45, 2.75) is 13.2 Å². The fourth-order valence-corrected chi connectivity index (χ4v) is 1.70. The van der Waals surface area contributed by atoms with Gasteiger partial charge in [-0.15, -0.1) is 0 Å². The second-order valence-electron chi connectivity index (χ2n) is 3.96. The number of aldehydes is 1. The lowest BCUT2D eigenvalue weighted by atomic mass is 10.1. The third-order valence-electron chi connectivity index (χ3n) is 2.71. The topological polar surface area (TPSA) is 52.3 Å². The Balaban J connectivity index is 2.08. The number of rotatable bonds is 5. The van der Waals surface area contributed by atoms with Crippen LogP contribution in [-0.2, 0) is 13.2 Å². The van der Waals surface area contributed by atoms with Crippen molar-refractivity contribution in [2.75, 3.05) is 0 Å². The maximum Gasteiger partial charge on any atom is 0.150 e. The van der Waals surface area contributed by atoms with E-state index < -0.39 is 0 Å². The number of carbonyl (C=O) groups excluding carboxylic acids is 1. The standard InChI is InChI=1S/C15H15NO2/c16-9-13-6-7-15(8-14(13)10-17)18-11-12-4-2-1-3-5-12/h1-8,10H,9,11,16H2. The van der Waals surface area contributed by atoms with Gasteiger partial charge in [-0.2, -0.15) is 0 Å². The second-order valence-corrected chi connectivity index (χ2v) is 3.96. The van der Waals surface area contributed by atoms with Crippen LogP contribution >= 0.6 is 0 Å². The van der Waals surface area contributed by atoms with Crippen LogP contribution in [0.15, 0.2) is 48.5 Å². The highest BCUT2D eigenvalue weighted by molar-refractivity contribution is 5.78. The lowest BCUT2D eigenvalue weighted by Crippen LogP contribution is -2.02. The summed E-state index contributed by atoms with van der Waals surface area (Å²) in [5.74, 6) is 0.679. The molecule has 2 N–H and O–H groups in total. The minimum Gasteiger partial charge on any atom is -0.489 e. The van der Waals surface area contributed by atoms with E-state index in [1.807, 2.05) is 42.5 Å². The number of benzene rings is 2. The summed E-state index contributed by atoms with van der Waals surface area (Å²) in [5, 5.41) is 0. The summed E-state index contributed by atoms with van der Waals surface area (Å²) >= 11 is 0. The Kier molecular flexibility index (Phi) is 4.10. The van der Waals surface area contributed by atoms with Crippen molar-refractivity contribution in [3.8, 4) is 5.75 Å². The van der Waals surface area contributed by atoms with Gasteiger partial charge < -0.3 is 10.5 Å². The Morgan fingerprint density at radius 2 is 1.89 bits per heavy atom. The van der Waals surface area contributed by atoms with Crippen LogP contribution in [0.25, 0.3) is 0 Å². The highest BCUT2D eigenvalue weighted by Gasteiger charge is 2.02. The molecule has 0 saturated heterocycles. The zero-order valence-corrected chi connectivity index (χ0v) is 10.0. The van der Waals surface area contributed by atoms with Crippen molar-refractivity contribution in [1.29, 1.82) is 0 Å². The Labute approximate surface area is 106 Å². The van der Waals surface area contributed by atoms with Crippen LogP contribution in [0.3, 0.4) is 0 Å². The van der Waals surface area contributed by atoms with Crippen LogP contribution in [-0.4, -0.2) is 6.29 Å². The van der Waals surface area contributed by atoms with Crippen LogP contribution < -0.4 is 10.5 Å². The molecule has 0 saturated carbocycles. The highest BCUT2D eigenvalue weighted by Crippen LogP contribution is 2.17. The first-order valence-electron chi connectivity index (χ1n) is 5.78. The molecule has 18 heavy (non-hydrogen) atoms. The van der Waals surface area contributed by atoms with E-state index in [2.05, 4.69) is 0 Å². The van der Waals surface area contributed by atoms with Crippen molar-refractivity contribution in [1.82, 2.24) is 0 Å². The summed E-state index contributed by atoms with van der Waals surface area (Å²) in [6.45, 7) is 0.841. The average molecular weight is 241 g/mol. The lowest BCUT2D eigenvalue weighted by Gasteiger charge is -2.08. The molecule has 3 nitrogen and oxygen atoms in total. The van der Waals surface area contributed by atoms with Gasteiger partial charge in [-0.3, -0.25) is 4.79 Å². The Morgan fingerprint density at radius 3 is 2.56 bits per heavy atom. The number of ether oxygens (including phenoxy) is 1. The molecule has 2 rings (SSSR count). The summed E-state index contributed by atoms with van der Waals surface area (Å²) in [5.41, 5.74) is 8.05. The van der Waals surface area contributed by atoms with Gasteiger partial charge in [0.05, 0.1) is 0 Å². The Hall–Kier alpha value is -2.13. The van der Waals surface area contributed by atoms with E-state index in [9.17, 15) is 4.79 Å². The molecule has 3 heteroatoms. The first kappa shape index (κ1) is 12.3. The molecule has 0 fully saturated rings. The van der Waals surface area contributed by atoms with Gasteiger partial charge >= 0.3 is 0 Å². The lowest BCUT2D eigenvalue weighted by molar-refractivity contribution is 0.112. The SMILES string of the molecule is NCc1ccc(OCc2ccccc2)cc1C=O. The van der Waals surface area contributed by atoms with Gasteiger partial charge in [0.15, 0.2) is 6.29 Å². The number of carbonyl (C=O) groups is 1. The first-order chi connectivity index (χ1) is 8.83. The van der Waals surface area contributed by atoms with Gasteiger partial charge in [0.1, 0.15) is 12.4 Å². The molecular formula is C15H15NO2. The molecule has 2 aromatic carbocycles. The van der Waals surface area contributed by atoms with Crippen LogP contribution in [0.5, 0.6) is 5.75 Å². The van der Waals surface area contributed by atoms with Gasteiger partial charge in [-0.05, 0) is 23.3 Å². The van der Waals surface area contributed by atoms with Crippen molar-refractivity contribution in [2.24, 2.45) is 5.73 Å². The minimum absolute atomic E-state index is 0.354. The molecule has 0 aromatic heterocycles. The zero-order chi connectivity index (χ0) is 12.8. The first-order valence-corrected chi connectivity index (χ1v) is 5.78. The second kappa shape index (κ2) is 5.98. The average Bonchev–Trinajstić information content (AvgIpc) is 2.45. The molecule has 2 aromatic rings. The molecule has 0 aliphatic rings. The third kappa shape index (κ3) is 2.96. The third-order valence-corrected chi connectivity index (χ3v) is 2.71. The summed E-state index contributed by atoms with van der Waals surface area (Å²) in [6, 6.07) is 15.3. The van der Waals surface area contributed by atoms with Crippen LogP contribution in [0, 0.1) is 0 Å². The molecule has 0 bridgehead atoms. The van der Waals surface area contributed by atoms with E-state index in [1.165, 1.54) is 0 Å². The number of nitrogens with two attached hydrogens (primary N) is 1. The molecule has 0 amide bonds. The predicted octanol–water partition coefficient (Wildman–Crippen LogP) is 2.54. The van der Waals surface area contributed by atoms with E-state index in [0.29, 0.717) is 24.5 Å². The van der Waals surface area contributed by atoms with Crippen LogP contribution in [0.4, 0.5) is 0 Å². The van der Waals surface area contributed by atoms with E-state index in [1.54, 1.807) is 6.07 Å². The fraction of sp³-hybridized carbons (Fsp3) is 0.133. The fourth-order valence-electron chi connectivity index (χ4n) is 1.70. The largest absolute Gasteiger partial charge is 0.489 e. The molecular weight excluding hydrogens is 226 g/mol. The number of hydrogen-bond donors (Lipinski definition) is 1. The maximum absolute atomic E-state index is 10.9. The molecule has 0 spiro atoms. The van der Waals surface area contributed by atoms with Crippen LogP contribution in [0.2, 0.25) is 0 Å². The van der Waals surface area contributed by atoms with E-state index in [-0.39, 0.29) is 0 Å². The Morgan fingerprint density at radius 1 is 1.11 bits per heavy atom. The quantitative estimate of drug-likeness (QED) is 0.818. The maximum atomic E-state index is 10.9. The highest BCUT2D eigenvalue weighted by atomic mass is 16.5. The summed E-state index contributed by atoms with van der Waals surface area (Å²) in [4.78, 5) is 10.9. The summed E-state index contributed by atoms with van der Waals surface area (Å²) in [6.07, 6.45) is 0.803. The van der Waals surface area contributed by atoms with Crippen molar-refractivity contribution in [3.63, 3.8) is 0 Å². The normalized spacial score (nSPS) is 10.1. The monoisotopic (exact) mass is 241 g/mol. The van der Waals surface area contributed by atoms with Gasteiger partial charge in [0.2, 0.25) is 0 Å². The van der Waals surface area contributed by atoms with Gasteiger partial charge in [-0.1, -0.05) is 36.4 Å². The van der Waals surface area contributed by atoms with Crippen LogP contribution in [0.1, 0.15) is 21.5 Å². The molecule has 0 radical (unpaired) electrons. The minimum atomic E-state index is 0.354. The molecule has 0 unspecified atom stereocenters. The molecule has 0 heterocycles. The Bertz CT molecular complexity index is 523. The summed E-state index contributed by atoms with van der Waals surface area (Å²) < 4.78 is 5.63. The zero-order valence-electron chi connectivity index (χ0n) is 10.0. The van der Waals surface area contributed by atoms with Crippen molar-refractivity contribution < 1.29 is 9.53 Å². The van der Waals surface area contributed by atoms with Gasteiger partial charge in [0, 0.05) is 12.1 Å². The molecule has 0 aliphatic carbocycles.